The second kappa shape index (κ2) is 7.35. The third-order valence-corrected chi connectivity index (χ3v) is 4.78. The van der Waals surface area contributed by atoms with Crippen molar-refractivity contribution in [2.75, 3.05) is 11.9 Å². The number of amides is 1. The van der Waals surface area contributed by atoms with E-state index >= 15 is 0 Å². The lowest BCUT2D eigenvalue weighted by molar-refractivity contribution is -0.114. The number of nitrogens with zero attached hydrogens (tertiary/aromatic N) is 1. The van der Waals surface area contributed by atoms with Gasteiger partial charge in [0.05, 0.1) is 17.0 Å². The number of carboxylic acid groups (broad SMARTS) is 1. The summed E-state index contributed by atoms with van der Waals surface area (Å²) in [6.45, 7) is 8.64. The molecule has 5 heteroatoms. The number of carbonyl (C=O) groups excluding carboxylic acids is 1. The lowest BCUT2D eigenvalue weighted by Crippen LogP contribution is -2.14. The van der Waals surface area contributed by atoms with Gasteiger partial charge in [-0.25, -0.2) is 4.79 Å². The standard InChI is InChI=1S/C22H24N2O3/c1-12(2)16-9-18-19(10-17(16)13(3)4)24-20(25)11-23-21(18)14-5-7-15(8-6-14)22(26)27/h5-10,12-13H,11H2,1-4H3,(H,24,25)(H,26,27). The largest absolute Gasteiger partial charge is 0.478 e. The molecule has 140 valence electrons. The van der Waals surface area contributed by atoms with Gasteiger partial charge in [0.1, 0.15) is 6.54 Å². The molecule has 0 atom stereocenters. The van der Waals surface area contributed by atoms with E-state index in [2.05, 4.69) is 50.1 Å². The molecule has 0 spiro atoms. The highest BCUT2D eigenvalue weighted by atomic mass is 16.4. The van der Waals surface area contributed by atoms with Crippen molar-refractivity contribution in [2.24, 2.45) is 4.99 Å². The van der Waals surface area contributed by atoms with Gasteiger partial charge in [0, 0.05) is 11.1 Å². The van der Waals surface area contributed by atoms with Gasteiger partial charge < -0.3 is 10.4 Å². The van der Waals surface area contributed by atoms with Crippen molar-refractivity contribution in [3.63, 3.8) is 0 Å². The smallest absolute Gasteiger partial charge is 0.335 e. The van der Waals surface area contributed by atoms with E-state index in [-0.39, 0.29) is 18.0 Å². The van der Waals surface area contributed by atoms with Crippen LogP contribution in [0.2, 0.25) is 0 Å². The van der Waals surface area contributed by atoms with E-state index in [0.717, 1.165) is 16.8 Å². The van der Waals surface area contributed by atoms with Crippen LogP contribution in [0.25, 0.3) is 0 Å². The van der Waals surface area contributed by atoms with E-state index < -0.39 is 5.97 Å². The maximum Gasteiger partial charge on any atom is 0.335 e. The van der Waals surface area contributed by atoms with Gasteiger partial charge in [-0.05, 0) is 47.2 Å². The minimum Gasteiger partial charge on any atom is -0.478 e. The quantitative estimate of drug-likeness (QED) is 0.843. The molecule has 1 aliphatic rings. The molecule has 0 aliphatic carbocycles. The molecule has 2 aromatic carbocycles. The first-order valence-electron chi connectivity index (χ1n) is 9.14. The van der Waals surface area contributed by atoms with E-state index in [4.69, 9.17) is 5.11 Å². The van der Waals surface area contributed by atoms with E-state index in [1.165, 1.54) is 11.1 Å². The van der Waals surface area contributed by atoms with Crippen molar-refractivity contribution in [3.05, 3.63) is 64.2 Å². The van der Waals surface area contributed by atoms with Gasteiger partial charge in [-0.15, -0.1) is 0 Å². The molecule has 1 amide bonds. The van der Waals surface area contributed by atoms with Crippen molar-refractivity contribution in [3.8, 4) is 0 Å². The van der Waals surface area contributed by atoms with Crippen LogP contribution in [0.3, 0.4) is 0 Å². The van der Waals surface area contributed by atoms with E-state index in [0.29, 0.717) is 17.5 Å². The van der Waals surface area contributed by atoms with Gasteiger partial charge in [0.25, 0.3) is 0 Å². The van der Waals surface area contributed by atoms with Crippen molar-refractivity contribution in [1.82, 2.24) is 0 Å². The van der Waals surface area contributed by atoms with E-state index in [1.807, 2.05) is 0 Å². The number of aromatic carboxylic acids is 1. The van der Waals surface area contributed by atoms with Crippen molar-refractivity contribution in [2.45, 2.75) is 39.5 Å². The van der Waals surface area contributed by atoms with Crippen LogP contribution in [0.15, 0.2) is 41.4 Å². The molecule has 0 saturated carbocycles. The fourth-order valence-corrected chi connectivity index (χ4v) is 3.38. The summed E-state index contributed by atoms with van der Waals surface area (Å²) in [5.41, 5.74) is 5.80. The summed E-state index contributed by atoms with van der Waals surface area (Å²) in [6.07, 6.45) is 0. The Hall–Kier alpha value is -2.95. The molecule has 27 heavy (non-hydrogen) atoms. The zero-order valence-corrected chi connectivity index (χ0v) is 16.0. The zero-order chi connectivity index (χ0) is 19.7. The molecular formula is C22H24N2O3. The SMILES string of the molecule is CC(C)c1cc2c(cc1C(C)C)C(c1ccc(C(=O)O)cc1)=NCC(=O)N2. The Balaban J connectivity index is 2.19. The van der Waals surface area contributed by atoms with Gasteiger partial charge in [-0.2, -0.15) is 0 Å². The number of carboxylic acids is 1. The Labute approximate surface area is 159 Å². The average Bonchev–Trinajstić information content (AvgIpc) is 2.78. The predicted octanol–water partition coefficient (Wildman–Crippen LogP) is 4.42. The monoisotopic (exact) mass is 364 g/mol. The third-order valence-electron chi connectivity index (χ3n) is 4.78. The minimum atomic E-state index is -0.967. The summed E-state index contributed by atoms with van der Waals surface area (Å²) in [4.78, 5) is 27.8. The van der Waals surface area contributed by atoms with Crippen molar-refractivity contribution in [1.29, 1.82) is 0 Å². The van der Waals surface area contributed by atoms with Crippen molar-refractivity contribution < 1.29 is 14.7 Å². The topological polar surface area (TPSA) is 78.8 Å². The Kier molecular flexibility index (Phi) is 5.13. The van der Waals surface area contributed by atoms with Gasteiger partial charge >= 0.3 is 5.97 Å². The molecule has 2 N–H and O–H groups in total. The molecule has 1 heterocycles. The maximum atomic E-state index is 12.2. The molecule has 0 aromatic heterocycles. The summed E-state index contributed by atoms with van der Waals surface area (Å²) in [5, 5.41) is 12.1. The summed E-state index contributed by atoms with van der Waals surface area (Å²) in [7, 11) is 0. The second-order valence-electron chi connectivity index (χ2n) is 7.43. The molecular weight excluding hydrogens is 340 g/mol. The average molecular weight is 364 g/mol. The lowest BCUT2D eigenvalue weighted by Gasteiger charge is -2.21. The number of hydrogen-bond acceptors (Lipinski definition) is 3. The Morgan fingerprint density at radius 1 is 1.04 bits per heavy atom. The van der Waals surface area contributed by atoms with Crippen LogP contribution in [0.1, 0.15) is 72.1 Å². The van der Waals surface area contributed by atoms with Gasteiger partial charge in [-0.3, -0.25) is 9.79 Å². The Morgan fingerprint density at radius 2 is 1.63 bits per heavy atom. The molecule has 1 aliphatic heterocycles. The number of nitrogens with one attached hydrogen (secondary N) is 1. The van der Waals surface area contributed by atoms with Crippen LogP contribution in [-0.2, 0) is 4.79 Å². The van der Waals surface area contributed by atoms with Crippen LogP contribution in [0.5, 0.6) is 0 Å². The number of anilines is 1. The van der Waals surface area contributed by atoms with Crippen LogP contribution < -0.4 is 5.32 Å². The number of hydrogen-bond donors (Lipinski definition) is 2. The molecule has 0 bridgehead atoms. The Bertz CT molecular complexity index is 925. The molecule has 5 nitrogen and oxygen atoms in total. The van der Waals surface area contributed by atoms with Crippen molar-refractivity contribution >= 4 is 23.3 Å². The Morgan fingerprint density at radius 3 is 2.19 bits per heavy atom. The fraction of sp³-hybridized carbons (Fsp3) is 0.318. The van der Waals surface area contributed by atoms with Crippen LogP contribution >= 0.6 is 0 Å². The van der Waals surface area contributed by atoms with Crippen LogP contribution in [0, 0.1) is 0 Å². The molecule has 2 aromatic rings. The first kappa shape index (κ1) is 18.8. The van der Waals surface area contributed by atoms with E-state index in [9.17, 15) is 9.59 Å². The second-order valence-corrected chi connectivity index (χ2v) is 7.43. The lowest BCUT2D eigenvalue weighted by atomic mass is 9.86. The van der Waals surface area contributed by atoms with Gasteiger partial charge in [0.2, 0.25) is 5.91 Å². The number of benzene rings is 2. The predicted molar refractivity (Wildman–Crippen MR) is 107 cm³/mol. The number of rotatable bonds is 4. The maximum absolute atomic E-state index is 12.2. The highest BCUT2D eigenvalue weighted by Gasteiger charge is 2.22. The number of fused-ring (bicyclic) bond motifs is 1. The highest BCUT2D eigenvalue weighted by Crippen LogP contribution is 2.34. The molecule has 0 fully saturated rings. The summed E-state index contributed by atoms with van der Waals surface area (Å²) < 4.78 is 0. The third kappa shape index (κ3) is 3.77. The highest BCUT2D eigenvalue weighted by molar-refractivity contribution is 6.19. The van der Waals surface area contributed by atoms with Gasteiger partial charge in [-0.1, -0.05) is 39.8 Å². The summed E-state index contributed by atoms with van der Waals surface area (Å²) in [6, 6.07) is 10.8. The van der Waals surface area contributed by atoms with E-state index in [1.54, 1.807) is 24.3 Å². The normalized spacial score (nSPS) is 13.9. The fourth-order valence-electron chi connectivity index (χ4n) is 3.38. The number of aliphatic imine (C=N–C) groups is 1. The molecule has 0 saturated heterocycles. The molecule has 3 rings (SSSR count). The van der Waals surface area contributed by atoms with Gasteiger partial charge in [0.15, 0.2) is 0 Å². The number of benzodiazepines with no additional fused rings is 1. The first-order chi connectivity index (χ1) is 12.8. The van der Waals surface area contributed by atoms with Crippen LogP contribution in [-0.4, -0.2) is 29.2 Å². The molecule has 0 unspecified atom stereocenters. The summed E-state index contributed by atoms with van der Waals surface area (Å²) in [5.74, 6) is -0.448. The van der Waals surface area contributed by atoms with Crippen LogP contribution in [0.4, 0.5) is 5.69 Å². The zero-order valence-electron chi connectivity index (χ0n) is 16.0. The summed E-state index contributed by atoms with van der Waals surface area (Å²) >= 11 is 0. The number of carbonyl (C=O) groups is 2. The first-order valence-corrected chi connectivity index (χ1v) is 9.14. The molecule has 0 radical (unpaired) electrons. The minimum absolute atomic E-state index is 0.0404.